The summed E-state index contributed by atoms with van der Waals surface area (Å²) >= 11 is 3.38. The zero-order chi connectivity index (χ0) is 11.4. The van der Waals surface area contributed by atoms with Crippen LogP contribution >= 0.6 is 23.1 Å². The molecule has 0 bridgehead atoms. The minimum Gasteiger partial charge on any atom is -0.368 e. The van der Waals surface area contributed by atoms with Crippen LogP contribution in [0.2, 0.25) is 0 Å². The molecule has 0 aliphatic heterocycles. The normalized spacial score (nSPS) is 11.1. The van der Waals surface area contributed by atoms with Gasteiger partial charge in [-0.3, -0.25) is 0 Å². The summed E-state index contributed by atoms with van der Waals surface area (Å²) in [6.07, 6.45) is 5.46. The Kier molecular flexibility index (Phi) is 3.95. The molecule has 2 aromatic rings. The average Bonchev–Trinajstić information content (AvgIpc) is 2.66. The second-order valence-electron chi connectivity index (χ2n) is 3.45. The number of anilines is 1. The summed E-state index contributed by atoms with van der Waals surface area (Å²) in [6.45, 7) is 2.21. The molecule has 0 atom stereocenters. The molecule has 0 amide bonds. The van der Waals surface area contributed by atoms with Gasteiger partial charge in [0.2, 0.25) is 5.95 Å². The van der Waals surface area contributed by atoms with Gasteiger partial charge in [-0.1, -0.05) is 42.9 Å². The van der Waals surface area contributed by atoms with Crippen LogP contribution in [0.4, 0.5) is 5.95 Å². The molecule has 0 aromatic carbocycles. The van der Waals surface area contributed by atoms with Crippen LogP contribution in [0.1, 0.15) is 26.2 Å². The Morgan fingerprint density at radius 2 is 2.25 bits per heavy atom. The highest BCUT2D eigenvalue weighted by atomic mass is 32.2. The molecule has 16 heavy (non-hydrogen) atoms. The Bertz CT molecular complexity index is 469. The van der Waals surface area contributed by atoms with E-state index in [9.17, 15) is 0 Å². The number of hydrogen-bond acceptors (Lipinski definition) is 6. The van der Waals surface area contributed by atoms with Gasteiger partial charge in [-0.05, 0) is 6.42 Å². The molecule has 0 spiro atoms. The average molecular weight is 254 g/mol. The highest BCUT2D eigenvalue weighted by Crippen LogP contribution is 2.28. The van der Waals surface area contributed by atoms with E-state index in [-0.39, 0.29) is 0 Å². The van der Waals surface area contributed by atoms with Crippen molar-refractivity contribution in [1.82, 2.24) is 15.0 Å². The van der Waals surface area contributed by atoms with E-state index in [1.165, 1.54) is 19.3 Å². The lowest BCUT2D eigenvalue weighted by molar-refractivity contribution is 0.778. The number of thioether (sulfide) groups is 1. The van der Waals surface area contributed by atoms with E-state index in [1.54, 1.807) is 29.3 Å². The summed E-state index contributed by atoms with van der Waals surface area (Å²) in [7, 11) is 0. The van der Waals surface area contributed by atoms with Crippen LogP contribution in [0.15, 0.2) is 10.5 Å². The minimum atomic E-state index is 0.318. The molecule has 2 rings (SSSR count). The van der Waals surface area contributed by atoms with Crippen molar-refractivity contribution < 1.29 is 0 Å². The number of rotatable bonds is 5. The first-order valence-electron chi connectivity index (χ1n) is 5.31. The smallest absolute Gasteiger partial charge is 0.221 e. The number of nitrogens with zero attached hydrogens (tertiary/aromatic N) is 3. The molecule has 0 saturated carbocycles. The van der Waals surface area contributed by atoms with Crippen molar-refractivity contribution in [2.45, 2.75) is 30.5 Å². The molecular formula is C10H14N4S2. The number of aromatic nitrogens is 3. The molecule has 2 N–H and O–H groups in total. The Hall–Kier alpha value is -0.880. The van der Waals surface area contributed by atoms with Gasteiger partial charge in [0, 0.05) is 5.75 Å². The third-order valence-electron chi connectivity index (χ3n) is 2.12. The maximum atomic E-state index is 5.52. The Morgan fingerprint density at radius 3 is 3.06 bits per heavy atom. The monoisotopic (exact) mass is 254 g/mol. The van der Waals surface area contributed by atoms with Crippen LogP contribution in [-0.4, -0.2) is 20.7 Å². The summed E-state index contributed by atoms with van der Waals surface area (Å²) in [5.74, 6) is 1.44. The summed E-state index contributed by atoms with van der Waals surface area (Å²) in [5, 5.41) is 0. The Labute approximate surface area is 103 Å². The minimum absolute atomic E-state index is 0.318. The topological polar surface area (TPSA) is 64.7 Å². The highest BCUT2D eigenvalue weighted by Gasteiger charge is 2.06. The van der Waals surface area contributed by atoms with E-state index >= 15 is 0 Å². The molecule has 0 aliphatic rings. The second-order valence-corrected chi connectivity index (χ2v) is 5.77. The molecule has 2 aromatic heterocycles. The van der Waals surface area contributed by atoms with Gasteiger partial charge < -0.3 is 5.73 Å². The van der Waals surface area contributed by atoms with Crippen molar-refractivity contribution in [2.75, 3.05) is 11.5 Å². The summed E-state index contributed by atoms with van der Waals surface area (Å²) in [4.78, 5) is 13.4. The quantitative estimate of drug-likeness (QED) is 0.656. The molecule has 86 valence electrons. The van der Waals surface area contributed by atoms with Gasteiger partial charge in [0.05, 0.1) is 6.20 Å². The van der Waals surface area contributed by atoms with Crippen LogP contribution in [0.3, 0.4) is 0 Å². The van der Waals surface area contributed by atoms with Gasteiger partial charge in [0.15, 0.2) is 4.34 Å². The largest absolute Gasteiger partial charge is 0.368 e. The van der Waals surface area contributed by atoms with E-state index < -0.39 is 0 Å². The number of hydrogen-bond donors (Lipinski definition) is 1. The summed E-state index contributed by atoms with van der Waals surface area (Å²) in [5.41, 5.74) is 6.37. The molecule has 2 heterocycles. The highest BCUT2D eigenvalue weighted by molar-refractivity contribution is 8.01. The fourth-order valence-corrected chi connectivity index (χ4v) is 3.36. The Balaban J connectivity index is 2.02. The lowest BCUT2D eigenvalue weighted by atomic mass is 10.3. The standard InChI is InChI=1S/C10H14N4S2/c1-2-3-4-5-15-10-13-7-6-12-9(11)14-8(7)16-10/h6H,2-5H2,1H3,(H2,11,12,14). The van der Waals surface area contributed by atoms with Crippen LogP contribution < -0.4 is 5.73 Å². The van der Waals surface area contributed by atoms with Crippen molar-refractivity contribution in [3.05, 3.63) is 6.20 Å². The number of nitrogens with two attached hydrogens (primary N) is 1. The van der Waals surface area contributed by atoms with Crippen molar-refractivity contribution in [3.8, 4) is 0 Å². The van der Waals surface area contributed by atoms with Gasteiger partial charge in [-0.15, -0.1) is 0 Å². The van der Waals surface area contributed by atoms with Crippen molar-refractivity contribution in [2.24, 2.45) is 0 Å². The number of thiazole rings is 1. The number of fused-ring (bicyclic) bond motifs is 1. The lowest BCUT2D eigenvalue weighted by Gasteiger charge is -1.94. The third-order valence-corrected chi connectivity index (χ3v) is 4.32. The van der Waals surface area contributed by atoms with Gasteiger partial charge in [-0.25, -0.2) is 15.0 Å². The van der Waals surface area contributed by atoms with E-state index in [0.717, 1.165) is 20.4 Å². The van der Waals surface area contributed by atoms with Crippen LogP contribution in [0.25, 0.3) is 10.3 Å². The Morgan fingerprint density at radius 1 is 1.38 bits per heavy atom. The van der Waals surface area contributed by atoms with Crippen molar-refractivity contribution >= 4 is 39.4 Å². The fraction of sp³-hybridized carbons (Fsp3) is 0.500. The van der Waals surface area contributed by atoms with E-state index in [0.29, 0.717) is 5.95 Å². The van der Waals surface area contributed by atoms with Gasteiger partial charge in [0.25, 0.3) is 0 Å². The van der Waals surface area contributed by atoms with Crippen molar-refractivity contribution in [3.63, 3.8) is 0 Å². The van der Waals surface area contributed by atoms with E-state index in [1.807, 2.05) is 0 Å². The second kappa shape index (κ2) is 5.45. The molecule has 0 radical (unpaired) electrons. The van der Waals surface area contributed by atoms with Crippen LogP contribution in [0, 0.1) is 0 Å². The van der Waals surface area contributed by atoms with Crippen molar-refractivity contribution in [1.29, 1.82) is 0 Å². The first-order valence-corrected chi connectivity index (χ1v) is 7.11. The fourth-order valence-electron chi connectivity index (χ4n) is 1.30. The molecule has 0 aliphatic carbocycles. The van der Waals surface area contributed by atoms with Gasteiger partial charge >= 0.3 is 0 Å². The first-order chi connectivity index (χ1) is 7.79. The predicted octanol–water partition coefficient (Wildman–Crippen LogP) is 2.95. The molecular weight excluding hydrogens is 240 g/mol. The first kappa shape index (κ1) is 11.6. The SMILES string of the molecule is CCCCCSc1nc2cnc(N)nc2s1. The lowest BCUT2D eigenvalue weighted by Crippen LogP contribution is -1.92. The molecule has 0 fully saturated rings. The van der Waals surface area contributed by atoms with E-state index in [4.69, 9.17) is 5.73 Å². The molecule has 0 unspecified atom stereocenters. The molecule has 0 saturated heterocycles. The zero-order valence-corrected chi connectivity index (χ0v) is 10.8. The van der Waals surface area contributed by atoms with Gasteiger partial charge in [-0.2, -0.15) is 0 Å². The van der Waals surface area contributed by atoms with Gasteiger partial charge in [0.1, 0.15) is 10.3 Å². The number of nitrogen functional groups attached to an aromatic ring is 1. The predicted molar refractivity (Wildman–Crippen MR) is 69.9 cm³/mol. The zero-order valence-electron chi connectivity index (χ0n) is 9.14. The maximum absolute atomic E-state index is 5.52. The maximum Gasteiger partial charge on any atom is 0.221 e. The van der Waals surface area contributed by atoms with E-state index in [2.05, 4.69) is 21.9 Å². The van der Waals surface area contributed by atoms with Crippen LogP contribution in [-0.2, 0) is 0 Å². The third kappa shape index (κ3) is 2.82. The summed E-state index contributed by atoms with van der Waals surface area (Å²) < 4.78 is 1.06. The molecule has 6 heteroatoms. The number of unbranched alkanes of at least 4 members (excludes halogenated alkanes) is 2. The summed E-state index contributed by atoms with van der Waals surface area (Å²) in [6, 6.07) is 0. The van der Waals surface area contributed by atoms with Crippen LogP contribution in [0.5, 0.6) is 0 Å². The molecule has 4 nitrogen and oxygen atoms in total.